The maximum absolute atomic E-state index is 5.79. The third-order valence-corrected chi connectivity index (χ3v) is 2.76. The minimum Gasteiger partial charge on any atom is -0.383 e. The van der Waals surface area contributed by atoms with Gasteiger partial charge in [-0.3, -0.25) is 0 Å². The van der Waals surface area contributed by atoms with Crippen LogP contribution in [-0.4, -0.2) is 17.1 Å². The van der Waals surface area contributed by atoms with Gasteiger partial charge in [-0.05, 0) is 15.9 Å². The minimum absolute atomic E-state index is 0.114. The molecule has 0 radical (unpaired) electrons. The summed E-state index contributed by atoms with van der Waals surface area (Å²) in [5.41, 5.74) is 6.47. The zero-order chi connectivity index (χ0) is 11.6. The Bertz CT molecular complexity index is 360. The number of hydrogen-bond acceptors (Lipinski definition) is 4. The SMILES string of the molecule is COCc1nc(C(C)(C)C)nc(N)c1Br. The number of nitrogen functional groups attached to an aromatic ring is 1. The highest BCUT2D eigenvalue weighted by atomic mass is 79.9. The maximum Gasteiger partial charge on any atom is 0.141 e. The van der Waals surface area contributed by atoms with Crippen molar-refractivity contribution in [2.45, 2.75) is 32.8 Å². The third-order valence-electron chi connectivity index (χ3n) is 1.90. The Morgan fingerprint density at radius 1 is 1.33 bits per heavy atom. The highest BCUT2D eigenvalue weighted by Crippen LogP contribution is 2.26. The Hall–Kier alpha value is -0.680. The first kappa shape index (κ1) is 12.4. The second-order valence-corrected chi connectivity index (χ2v) is 5.17. The maximum atomic E-state index is 5.79. The number of halogens is 1. The predicted octanol–water partition coefficient (Wildman–Crippen LogP) is 2.27. The van der Waals surface area contributed by atoms with Gasteiger partial charge in [0.2, 0.25) is 0 Å². The lowest BCUT2D eigenvalue weighted by atomic mass is 9.95. The molecule has 0 saturated carbocycles. The molecule has 0 amide bonds. The Kier molecular flexibility index (Phi) is 3.67. The molecule has 0 aliphatic rings. The number of ether oxygens (including phenoxy) is 1. The molecule has 5 heteroatoms. The summed E-state index contributed by atoms with van der Waals surface area (Å²) in [6.07, 6.45) is 0. The van der Waals surface area contributed by atoms with E-state index in [-0.39, 0.29) is 5.41 Å². The number of aromatic nitrogens is 2. The summed E-state index contributed by atoms with van der Waals surface area (Å²) >= 11 is 3.35. The Morgan fingerprint density at radius 2 is 1.93 bits per heavy atom. The van der Waals surface area contributed by atoms with Crippen LogP contribution in [0.1, 0.15) is 32.3 Å². The second kappa shape index (κ2) is 4.45. The molecule has 0 unspecified atom stereocenters. The molecule has 0 atom stereocenters. The lowest BCUT2D eigenvalue weighted by molar-refractivity contribution is 0.180. The first-order chi connectivity index (χ1) is 6.86. The zero-order valence-corrected chi connectivity index (χ0v) is 11.1. The van der Waals surface area contributed by atoms with E-state index >= 15 is 0 Å². The molecule has 0 spiro atoms. The summed E-state index contributed by atoms with van der Waals surface area (Å²) in [5.74, 6) is 1.19. The van der Waals surface area contributed by atoms with Gasteiger partial charge in [-0.1, -0.05) is 20.8 Å². The van der Waals surface area contributed by atoms with Crippen molar-refractivity contribution in [1.29, 1.82) is 0 Å². The number of rotatable bonds is 2. The van der Waals surface area contributed by atoms with Crippen molar-refractivity contribution in [2.75, 3.05) is 12.8 Å². The Labute approximate surface area is 98.4 Å². The quantitative estimate of drug-likeness (QED) is 0.898. The van der Waals surface area contributed by atoms with Gasteiger partial charge in [0.05, 0.1) is 16.8 Å². The molecule has 1 aromatic rings. The first-order valence-electron chi connectivity index (χ1n) is 4.67. The molecule has 1 aromatic heterocycles. The van der Waals surface area contributed by atoms with Crippen molar-refractivity contribution in [3.8, 4) is 0 Å². The summed E-state index contributed by atoms with van der Waals surface area (Å²) in [6.45, 7) is 6.57. The third kappa shape index (κ3) is 2.89. The number of anilines is 1. The number of methoxy groups -OCH3 is 1. The van der Waals surface area contributed by atoms with Crippen LogP contribution < -0.4 is 5.73 Å². The lowest BCUT2D eigenvalue weighted by Crippen LogP contribution is -2.18. The molecule has 84 valence electrons. The lowest BCUT2D eigenvalue weighted by Gasteiger charge is -2.18. The zero-order valence-electron chi connectivity index (χ0n) is 9.47. The van der Waals surface area contributed by atoms with Crippen molar-refractivity contribution in [3.05, 3.63) is 16.0 Å². The van der Waals surface area contributed by atoms with Gasteiger partial charge in [0.1, 0.15) is 11.6 Å². The molecule has 0 saturated heterocycles. The average molecular weight is 274 g/mol. The molecule has 0 aliphatic heterocycles. The molecule has 1 heterocycles. The van der Waals surface area contributed by atoms with E-state index in [1.807, 2.05) is 20.8 Å². The highest BCUT2D eigenvalue weighted by molar-refractivity contribution is 9.10. The van der Waals surface area contributed by atoms with Gasteiger partial charge in [0, 0.05) is 12.5 Å². The van der Waals surface area contributed by atoms with Gasteiger partial charge < -0.3 is 10.5 Å². The monoisotopic (exact) mass is 273 g/mol. The van der Waals surface area contributed by atoms with E-state index < -0.39 is 0 Å². The van der Waals surface area contributed by atoms with E-state index in [1.165, 1.54) is 0 Å². The van der Waals surface area contributed by atoms with Gasteiger partial charge in [-0.25, -0.2) is 9.97 Å². The van der Waals surface area contributed by atoms with Crippen molar-refractivity contribution >= 4 is 21.7 Å². The summed E-state index contributed by atoms with van der Waals surface area (Å²) in [4.78, 5) is 8.68. The molecular weight excluding hydrogens is 258 g/mol. The van der Waals surface area contributed by atoms with Crippen LogP contribution in [0.25, 0.3) is 0 Å². The van der Waals surface area contributed by atoms with E-state index in [2.05, 4.69) is 25.9 Å². The van der Waals surface area contributed by atoms with E-state index in [0.717, 1.165) is 16.0 Å². The summed E-state index contributed by atoms with van der Waals surface area (Å²) in [6, 6.07) is 0. The second-order valence-electron chi connectivity index (χ2n) is 4.38. The Morgan fingerprint density at radius 3 is 2.40 bits per heavy atom. The molecule has 0 bridgehead atoms. The van der Waals surface area contributed by atoms with Crippen LogP contribution in [0.2, 0.25) is 0 Å². The normalized spacial score (nSPS) is 11.8. The van der Waals surface area contributed by atoms with Crippen molar-refractivity contribution in [2.24, 2.45) is 0 Å². The average Bonchev–Trinajstić information content (AvgIpc) is 2.11. The standard InChI is InChI=1S/C10H16BrN3O/c1-10(2,3)9-13-6(5-15-4)7(11)8(12)14-9/h5H2,1-4H3,(H2,12,13,14). The van der Waals surface area contributed by atoms with E-state index in [9.17, 15) is 0 Å². The Balaban J connectivity index is 3.23. The molecule has 4 nitrogen and oxygen atoms in total. The molecule has 1 rings (SSSR count). The van der Waals surface area contributed by atoms with Crippen molar-refractivity contribution in [3.63, 3.8) is 0 Å². The van der Waals surface area contributed by atoms with Crippen molar-refractivity contribution in [1.82, 2.24) is 9.97 Å². The first-order valence-corrected chi connectivity index (χ1v) is 5.47. The van der Waals surface area contributed by atoms with E-state index in [4.69, 9.17) is 10.5 Å². The van der Waals surface area contributed by atoms with Crippen LogP contribution in [0.5, 0.6) is 0 Å². The van der Waals surface area contributed by atoms with Gasteiger partial charge >= 0.3 is 0 Å². The van der Waals surface area contributed by atoms with Gasteiger partial charge in [-0.2, -0.15) is 0 Å². The van der Waals surface area contributed by atoms with Gasteiger partial charge in [0.25, 0.3) is 0 Å². The van der Waals surface area contributed by atoms with Crippen LogP contribution in [0.3, 0.4) is 0 Å². The van der Waals surface area contributed by atoms with E-state index in [0.29, 0.717) is 12.4 Å². The van der Waals surface area contributed by atoms with Crippen LogP contribution >= 0.6 is 15.9 Å². The van der Waals surface area contributed by atoms with Crippen LogP contribution in [-0.2, 0) is 16.8 Å². The number of nitrogens with two attached hydrogens (primary N) is 1. The number of hydrogen-bond donors (Lipinski definition) is 1. The fourth-order valence-electron chi connectivity index (χ4n) is 1.08. The molecule has 0 fully saturated rings. The molecule has 15 heavy (non-hydrogen) atoms. The van der Waals surface area contributed by atoms with Gasteiger partial charge in [-0.15, -0.1) is 0 Å². The summed E-state index contributed by atoms with van der Waals surface area (Å²) in [5, 5.41) is 0. The topological polar surface area (TPSA) is 61.0 Å². The van der Waals surface area contributed by atoms with Crippen LogP contribution in [0.15, 0.2) is 4.47 Å². The molecular formula is C10H16BrN3O. The van der Waals surface area contributed by atoms with Crippen LogP contribution in [0.4, 0.5) is 5.82 Å². The minimum atomic E-state index is -0.114. The van der Waals surface area contributed by atoms with Crippen LogP contribution in [0, 0.1) is 0 Å². The summed E-state index contributed by atoms with van der Waals surface area (Å²) in [7, 11) is 1.63. The van der Waals surface area contributed by atoms with E-state index in [1.54, 1.807) is 7.11 Å². The smallest absolute Gasteiger partial charge is 0.141 e. The largest absolute Gasteiger partial charge is 0.383 e. The number of nitrogens with zero attached hydrogens (tertiary/aromatic N) is 2. The predicted molar refractivity (Wildman–Crippen MR) is 63.6 cm³/mol. The fourth-order valence-corrected chi connectivity index (χ4v) is 1.37. The van der Waals surface area contributed by atoms with Crippen molar-refractivity contribution < 1.29 is 4.74 Å². The molecule has 0 aromatic carbocycles. The van der Waals surface area contributed by atoms with Gasteiger partial charge in [0.15, 0.2) is 0 Å². The highest BCUT2D eigenvalue weighted by Gasteiger charge is 2.20. The molecule has 2 N–H and O–H groups in total. The fraction of sp³-hybridized carbons (Fsp3) is 0.600. The summed E-state index contributed by atoms with van der Waals surface area (Å²) < 4.78 is 5.78. The molecule has 0 aliphatic carbocycles.